The van der Waals surface area contributed by atoms with E-state index in [9.17, 15) is 0 Å². The van der Waals surface area contributed by atoms with Gasteiger partial charge in [0.05, 0.1) is 0 Å². The Balaban J connectivity index is 1.01. The van der Waals surface area contributed by atoms with Crippen molar-refractivity contribution in [1.29, 1.82) is 0 Å². The van der Waals surface area contributed by atoms with E-state index >= 15 is 0 Å². The number of rotatable bonds is 7. The van der Waals surface area contributed by atoms with Crippen molar-refractivity contribution in [3.05, 3.63) is 206 Å². The van der Waals surface area contributed by atoms with Crippen LogP contribution in [0.2, 0.25) is 0 Å². The second kappa shape index (κ2) is 13.6. The van der Waals surface area contributed by atoms with Gasteiger partial charge in [0.2, 0.25) is 5.89 Å². The van der Waals surface area contributed by atoms with E-state index in [4.69, 9.17) is 13.8 Å². The lowest BCUT2D eigenvalue weighted by Crippen LogP contribution is -2.09. The topological polar surface area (TPSA) is 42.4 Å². The molecule has 4 heteroatoms. The van der Waals surface area contributed by atoms with Crippen molar-refractivity contribution in [2.45, 2.75) is 0 Å². The molecule has 2 heterocycles. The lowest BCUT2D eigenvalue weighted by molar-refractivity contribution is 0.620. The Morgan fingerprint density at radius 2 is 0.860 bits per heavy atom. The van der Waals surface area contributed by atoms with Crippen LogP contribution in [-0.4, -0.2) is 4.98 Å². The lowest BCUT2D eigenvalue weighted by atomic mass is 9.94. The molecule has 9 aromatic carbocycles. The first kappa shape index (κ1) is 32.7. The number of anilines is 3. The quantitative estimate of drug-likeness (QED) is 0.164. The SMILES string of the molecule is c1ccc(-c2ccc(N(c3ccc(-c4ccccc4)cc3)c3ccc4c(c3)oc3cc(-c5ccc(-c6nc7ccccc7o6)cc5)c5ccccc5c34)cc2)cc1. The second-order valence-electron chi connectivity index (χ2n) is 14.4. The van der Waals surface area contributed by atoms with Crippen molar-refractivity contribution in [2.24, 2.45) is 0 Å². The number of aromatic nitrogens is 1. The molecular weight excluding hydrogens is 697 g/mol. The van der Waals surface area contributed by atoms with Gasteiger partial charge in [0.25, 0.3) is 0 Å². The number of nitrogens with zero attached hydrogens (tertiary/aromatic N) is 2. The van der Waals surface area contributed by atoms with Gasteiger partial charge < -0.3 is 13.7 Å². The van der Waals surface area contributed by atoms with E-state index in [2.05, 4.69) is 187 Å². The Morgan fingerprint density at radius 3 is 1.51 bits per heavy atom. The Kier molecular flexibility index (Phi) is 7.78. The van der Waals surface area contributed by atoms with Crippen LogP contribution in [0.25, 0.3) is 88.6 Å². The molecule has 57 heavy (non-hydrogen) atoms. The second-order valence-corrected chi connectivity index (χ2v) is 14.4. The van der Waals surface area contributed by atoms with Gasteiger partial charge in [-0.05, 0) is 111 Å². The Labute approximate surface area is 329 Å². The van der Waals surface area contributed by atoms with Crippen molar-refractivity contribution >= 4 is 60.9 Å². The highest BCUT2D eigenvalue weighted by molar-refractivity contribution is 6.22. The molecule has 0 aliphatic rings. The predicted molar refractivity (Wildman–Crippen MR) is 235 cm³/mol. The van der Waals surface area contributed by atoms with Crippen LogP contribution in [0, 0.1) is 0 Å². The molecule has 268 valence electrons. The number of hydrogen-bond acceptors (Lipinski definition) is 4. The van der Waals surface area contributed by atoms with Crippen LogP contribution >= 0.6 is 0 Å². The molecule has 11 rings (SSSR count). The summed E-state index contributed by atoms with van der Waals surface area (Å²) in [5, 5.41) is 4.53. The molecule has 0 N–H and O–H groups in total. The van der Waals surface area contributed by atoms with Crippen LogP contribution in [0.1, 0.15) is 0 Å². The van der Waals surface area contributed by atoms with Gasteiger partial charge in [0, 0.05) is 39.5 Å². The number of benzene rings is 9. The molecule has 0 fully saturated rings. The maximum Gasteiger partial charge on any atom is 0.227 e. The molecule has 0 atom stereocenters. The van der Waals surface area contributed by atoms with Crippen LogP contribution in [-0.2, 0) is 0 Å². The summed E-state index contributed by atoms with van der Waals surface area (Å²) in [6.07, 6.45) is 0. The van der Waals surface area contributed by atoms with Crippen molar-refractivity contribution < 1.29 is 8.83 Å². The van der Waals surface area contributed by atoms with Gasteiger partial charge in [0.1, 0.15) is 16.7 Å². The van der Waals surface area contributed by atoms with Gasteiger partial charge in [-0.25, -0.2) is 4.98 Å². The molecule has 11 aromatic rings. The molecular formula is C53H34N2O2. The van der Waals surface area contributed by atoms with Crippen LogP contribution in [0.5, 0.6) is 0 Å². The van der Waals surface area contributed by atoms with Gasteiger partial charge in [-0.15, -0.1) is 0 Å². The van der Waals surface area contributed by atoms with Crippen molar-refractivity contribution in [3.8, 4) is 44.8 Å². The van der Waals surface area contributed by atoms with Gasteiger partial charge in [-0.2, -0.15) is 0 Å². The minimum absolute atomic E-state index is 0.615. The number of para-hydroxylation sites is 2. The molecule has 0 amide bonds. The van der Waals surface area contributed by atoms with E-state index < -0.39 is 0 Å². The molecule has 0 saturated carbocycles. The molecule has 4 nitrogen and oxygen atoms in total. The summed E-state index contributed by atoms with van der Waals surface area (Å²) < 4.78 is 12.9. The van der Waals surface area contributed by atoms with E-state index in [1.165, 1.54) is 27.6 Å². The van der Waals surface area contributed by atoms with Gasteiger partial charge >= 0.3 is 0 Å². The third-order valence-electron chi connectivity index (χ3n) is 10.9. The average Bonchev–Trinajstić information content (AvgIpc) is 3.89. The van der Waals surface area contributed by atoms with Crippen LogP contribution in [0.3, 0.4) is 0 Å². The highest BCUT2D eigenvalue weighted by Gasteiger charge is 2.19. The first-order valence-electron chi connectivity index (χ1n) is 19.2. The molecule has 2 aromatic heterocycles. The van der Waals surface area contributed by atoms with E-state index in [1.54, 1.807) is 0 Å². The fraction of sp³-hybridized carbons (Fsp3) is 0. The average molecular weight is 731 g/mol. The van der Waals surface area contributed by atoms with E-state index in [1.807, 2.05) is 24.3 Å². The van der Waals surface area contributed by atoms with Crippen LogP contribution in [0.15, 0.2) is 215 Å². The first-order chi connectivity index (χ1) is 28.2. The summed E-state index contributed by atoms with van der Waals surface area (Å²) >= 11 is 0. The number of furan rings is 1. The monoisotopic (exact) mass is 730 g/mol. The third-order valence-corrected chi connectivity index (χ3v) is 10.9. The van der Waals surface area contributed by atoms with E-state index in [0.29, 0.717) is 5.89 Å². The van der Waals surface area contributed by atoms with E-state index in [-0.39, 0.29) is 0 Å². The molecule has 0 bridgehead atoms. The lowest BCUT2D eigenvalue weighted by Gasteiger charge is -2.26. The molecule has 0 unspecified atom stereocenters. The summed E-state index contributed by atoms with van der Waals surface area (Å²) in [6, 6.07) is 72.3. The van der Waals surface area contributed by atoms with Crippen molar-refractivity contribution in [2.75, 3.05) is 4.90 Å². The highest BCUT2D eigenvalue weighted by Crippen LogP contribution is 2.43. The summed E-state index contributed by atoms with van der Waals surface area (Å²) in [7, 11) is 0. The molecule has 0 spiro atoms. The predicted octanol–water partition coefficient (Wildman–Crippen LogP) is 15.0. The highest BCUT2D eigenvalue weighted by atomic mass is 16.3. The fourth-order valence-corrected chi connectivity index (χ4v) is 8.11. The fourth-order valence-electron chi connectivity index (χ4n) is 8.11. The summed E-state index contributed by atoms with van der Waals surface area (Å²) in [4.78, 5) is 7.01. The zero-order chi connectivity index (χ0) is 37.7. The minimum Gasteiger partial charge on any atom is -0.456 e. The summed E-state index contributed by atoms with van der Waals surface area (Å²) in [5.41, 5.74) is 14.3. The van der Waals surface area contributed by atoms with Gasteiger partial charge in [-0.1, -0.05) is 133 Å². The normalized spacial score (nSPS) is 11.5. The smallest absolute Gasteiger partial charge is 0.227 e. The number of fused-ring (bicyclic) bond motifs is 6. The standard InChI is InChI=1S/C53H34N2O2/c1-3-11-35(12-4-1)37-23-27-41(28-24-37)55(42-29-25-38(26-30-42)36-13-5-2-6-14-36)43-31-32-46-50(33-43)56-51-34-47(44-15-7-8-16-45(44)52(46)51)39-19-21-40(22-20-39)53-54-48-17-9-10-18-49(48)57-53/h1-34H. The first-order valence-corrected chi connectivity index (χ1v) is 19.2. The van der Waals surface area contributed by atoms with Gasteiger partial charge in [0.15, 0.2) is 5.58 Å². The molecule has 0 aliphatic carbocycles. The zero-order valence-electron chi connectivity index (χ0n) is 30.8. The minimum atomic E-state index is 0.615. The van der Waals surface area contributed by atoms with Crippen LogP contribution < -0.4 is 4.90 Å². The van der Waals surface area contributed by atoms with Crippen molar-refractivity contribution in [1.82, 2.24) is 4.98 Å². The van der Waals surface area contributed by atoms with Crippen molar-refractivity contribution in [3.63, 3.8) is 0 Å². The zero-order valence-corrected chi connectivity index (χ0v) is 30.8. The largest absolute Gasteiger partial charge is 0.456 e. The number of oxazole rings is 1. The van der Waals surface area contributed by atoms with Crippen LogP contribution in [0.4, 0.5) is 17.1 Å². The number of hydrogen-bond donors (Lipinski definition) is 0. The maximum absolute atomic E-state index is 6.81. The van der Waals surface area contributed by atoms with E-state index in [0.717, 1.165) is 72.2 Å². The summed E-state index contributed by atoms with van der Waals surface area (Å²) in [5.74, 6) is 0.615. The summed E-state index contributed by atoms with van der Waals surface area (Å²) in [6.45, 7) is 0. The Hall–Kier alpha value is -7.69. The Morgan fingerprint density at radius 1 is 0.333 bits per heavy atom. The maximum atomic E-state index is 6.81. The molecule has 0 aliphatic heterocycles. The van der Waals surface area contributed by atoms with Gasteiger partial charge in [-0.3, -0.25) is 0 Å². The molecule has 0 radical (unpaired) electrons. The Bertz CT molecular complexity index is 3080. The third kappa shape index (κ3) is 5.83. The molecule has 0 saturated heterocycles.